The van der Waals surface area contributed by atoms with Crippen molar-refractivity contribution < 1.29 is 4.42 Å². The average molecular weight is 564 g/mol. The minimum Gasteiger partial charge on any atom is -0.456 e. The highest BCUT2D eigenvalue weighted by Crippen LogP contribution is 2.41. The summed E-state index contributed by atoms with van der Waals surface area (Å²) in [5, 5.41) is 8.53. The van der Waals surface area contributed by atoms with E-state index in [0.29, 0.717) is 11.8 Å². The zero-order valence-electron chi connectivity index (χ0n) is 23.3. The minimum absolute atomic E-state index is 0.590. The number of benzene rings is 6. The predicted octanol–water partition coefficient (Wildman–Crippen LogP) is 9.39. The van der Waals surface area contributed by atoms with Crippen LogP contribution in [0.3, 0.4) is 0 Å². The maximum Gasteiger partial charge on any atom is 0.235 e. The normalized spacial score (nSPS) is 12.1. The second-order valence-corrected chi connectivity index (χ2v) is 11.1. The molecule has 4 heterocycles. The van der Waals surface area contributed by atoms with Crippen molar-refractivity contribution >= 4 is 76.3 Å². The van der Waals surface area contributed by atoms with Crippen LogP contribution < -0.4 is 0 Å². The van der Waals surface area contributed by atoms with Gasteiger partial charge < -0.3 is 4.42 Å². The molecule has 0 atom stereocenters. The van der Waals surface area contributed by atoms with Crippen LogP contribution in [-0.2, 0) is 0 Å². The van der Waals surface area contributed by atoms with Crippen molar-refractivity contribution in [3.63, 3.8) is 0 Å². The largest absolute Gasteiger partial charge is 0.456 e. The number of hydrogen-bond donors (Lipinski definition) is 0. The van der Waals surface area contributed by atoms with E-state index < -0.39 is 0 Å². The molecule has 0 amide bonds. The molecule has 0 spiro atoms. The van der Waals surface area contributed by atoms with Gasteiger partial charge in [-0.2, -0.15) is 0 Å². The maximum atomic E-state index is 6.26. The van der Waals surface area contributed by atoms with Gasteiger partial charge in [0, 0.05) is 50.3 Å². The van der Waals surface area contributed by atoms with E-state index in [9.17, 15) is 0 Å². The van der Waals surface area contributed by atoms with E-state index in [4.69, 9.17) is 24.4 Å². The van der Waals surface area contributed by atoms with Crippen LogP contribution in [0.1, 0.15) is 0 Å². The Morgan fingerprint density at radius 1 is 0.455 bits per heavy atom. The lowest BCUT2D eigenvalue weighted by Gasteiger charge is -2.12. The van der Waals surface area contributed by atoms with Crippen LogP contribution in [0.5, 0.6) is 0 Å². The Hall–Kier alpha value is -6.14. The van der Waals surface area contributed by atoms with Gasteiger partial charge in [0.25, 0.3) is 0 Å². The zero-order valence-corrected chi connectivity index (χ0v) is 23.3. The van der Waals surface area contributed by atoms with Crippen molar-refractivity contribution in [2.24, 2.45) is 0 Å². The summed E-state index contributed by atoms with van der Waals surface area (Å²) in [6.07, 6.45) is 3.87. The van der Waals surface area contributed by atoms with Crippen LogP contribution >= 0.6 is 0 Å². The van der Waals surface area contributed by atoms with Crippen LogP contribution in [0.15, 0.2) is 132 Å². The standard InChI is InChI=1S/C38H21N5O/c1-2-10-22(11-3-1)37-39-20-27-23-12-4-5-13-24(23)28-21-40-38(42-36(28)35(27)41-37)43-29-16-8-6-14-25(29)33-30(43)18-19-32-34(33)26-15-7-9-17-31(26)44-32/h1-21H. The maximum absolute atomic E-state index is 6.26. The first-order chi connectivity index (χ1) is 21.8. The van der Waals surface area contributed by atoms with Gasteiger partial charge in [-0.1, -0.05) is 91.0 Å². The Morgan fingerprint density at radius 3 is 1.93 bits per heavy atom. The second-order valence-electron chi connectivity index (χ2n) is 11.1. The first-order valence-electron chi connectivity index (χ1n) is 14.6. The van der Waals surface area contributed by atoms with Crippen molar-refractivity contribution in [2.45, 2.75) is 0 Å². The summed E-state index contributed by atoms with van der Waals surface area (Å²) in [6.45, 7) is 0. The van der Waals surface area contributed by atoms with Crippen molar-refractivity contribution in [3.05, 3.63) is 128 Å². The second kappa shape index (κ2) is 8.69. The molecule has 0 bridgehead atoms. The van der Waals surface area contributed by atoms with E-state index in [1.165, 1.54) is 0 Å². The highest BCUT2D eigenvalue weighted by Gasteiger charge is 2.21. The van der Waals surface area contributed by atoms with E-state index in [2.05, 4.69) is 65.2 Å². The Balaban J connectivity index is 1.34. The first kappa shape index (κ1) is 23.4. The molecule has 6 heteroatoms. The summed E-state index contributed by atoms with van der Waals surface area (Å²) in [4.78, 5) is 20.2. The third-order valence-electron chi connectivity index (χ3n) is 8.71. The molecule has 44 heavy (non-hydrogen) atoms. The van der Waals surface area contributed by atoms with Gasteiger partial charge in [0.15, 0.2) is 5.82 Å². The van der Waals surface area contributed by atoms with Gasteiger partial charge in [-0.3, -0.25) is 4.57 Å². The van der Waals surface area contributed by atoms with Crippen LogP contribution in [0.25, 0.3) is 93.7 Å². The molecule has 0 N–H and O–H groups in total. The highest BCUT2D eigenvalue weighted by atomic mass is 16.3. The Kier molecular flexibility index (Phi) is 4.63. The Bertz CT molecular complexity index is 2780. The lowest BCUT2D eigenvalue weighted by molar-refractivity contribution is 0.669. The van der Waals surface area contributed by atoms with Gasteiger partial charge in [-0.05, 0) is 35.0 Å². The molecular formula is C38H21N5O. The summed E-state index contributed by atoms with van der Waals surface area (Å²) in [5.41, 5.74) is 6.36. The average Bonchev–Trinajstić information content (AvgIpc) is 3.64. The Labute approximate surface area is 249 Å². The molecule has 10 aromatic rings. The van der Waals surface area contributed by atoms with Crippen molar-refractivity contribution in [3.8, 4) is 17.3 Å². The van der Waals surface area contributed by atoms with Crippen LogP contribution in [-0.4, -0.2) is 24.5 Å². The quantitative estimate of drug-likeness (QED) is 0.196. The fraction of sp³-hybridized carbons (Fsp3) is 0. The van der Waals surface area contributed by atoms with Crippen molar-refractivity contribution in [2.75, 3.05) is 0 Å². The number of rotatable bonds is 2. The highest BCUT2D eigenvalue weighted by molar-refractivity contribution is 6.27. The van der Waals surface area contributed by atoms with Gasteiger partial charge >= 0.3 is 0 Å². The number of nitrogens with zero attached hydrogens (tertiary/aromatic N) is 5. The molecule has 0 aliphatic carbocycles. The first-order valence-corrected chi connectivity index (χ1v) is 14.6. The summed E-state index contributed by atoms with van der Waals surface area (Å²) < 4.78 is 8.42. The topological polar surface area (TPSA) is 69.6 Å². The summed E-state index contributed by atoms with van der Waals surface area (Å²) in [7, 11) is 0. The number of fused-ring (bicyclic) bond motifs is 13. The predicted molar refractivity (Wildman–Crippen MR) is 177 cm³/mol. The number of aromatic nitrogens is 5. The molecule has 10 rings (SSSR count). The van der Waals surface area contributed by atoms with Gasteiger partial charge in [-0.25, -0.2) is 19.9 Å². The molecule has 4 aromatic heterocycles. The van der Waals surface area contributed by atoms with Gasteiger partial charge in [0.05, 0.1) is 11.0 Å². The van der Waals surface area contributed by atoms with E-state index in [1.807, 2.05) is 67.0 Å². The molecule has 0 saturated carbocycles. The lowest BCUT2D eigenvalue weighted by Crippen LogP contribution is -2.02. The third kappa shape index (κ3) is 3.14. The molecule has 204 valence electrons. The lowest BCUT2D eigenvalue weighted by atomic mass is 10.0. The van der Waals surface area contributed by atoms with E-state index in [0.717, 1.165) is 81.9 Å². The molecule has 0 fully saturated rings. The SMILES string of the molecule is c1ccc(-c2ncc3c4ccccc4c4cnc(-n5c6ccccc6c6c7c(ccc65)oc5ccccc57)nc4c3n2)cc1. The summed E-state index contributed by atoms with van der Waals surface area (Å²) in [5.74, 6) is 1.26. The van der Waals surface area contributed by atoms with Gasteiger partial charge in [0.2, 0.25) is 5.95 Å². The molecule has 0 aliphatic rings. The van der Waals surface area contributed by atoms with Gasteiger partial charge in [0.1, 0.15) is 22.2 Å². The van der Waals surface area contributed by atoms with E-state index in [1.54, 1.807) is 0 Å². The number of furan rings is 1. The fourth-order valence-corrected chi connectivity index (χ4v) is 6.79. The van der Waals surface area contributed by atoms with Crippen LogP contribution in [0.2, 0.25) is 0 Å². The molecule has 0 radical (unpaired) electrons. The zero-order chi connectivity index (χ0) is 28.8. The van der Waals surface area contributed by atoms with E-state index >= 15 is 0 Å². The minimum atomic E-state index is 0.590. The third-order valence-corrected chi connectivity index (χ3v) is 8.71. The fourth-order valence-electron chi connectivity index (χ4n) is 6.79. The smallest absolute Gasteiger partial charge is 0.235 e. The van der Waals surface area contributed by atoms with Gasteiger partial charge in [-0.15, -0.1) is 0 Å². The Morgan fingerprint density at radius 2 is 1.11 bits per heavy atom. The molecule has 0 saturated heterocycles. The molecule has 0 unspecified atom stereocenters. The van der Waals surface area contributed by atoms with Crippen LogP contribution in [0.4, 0.5) is 0 Å². The van der Waals surface area contributed by atoms with Crippen molar-refractivity contribution in [1.82, 2.24) is 24.5 Å². The summed E-state index contributed by atoms with van der Waals surface area (Å²) >= 11 is 0. The number of para-hydroxylation sites is 2. The van der Waals surface area contributed by atoms with Crippen LogP contribution in [0, 0.1) is 0 Å². The molecular weight excluding hydrogens is 542 g/mol. The molecule has 6 nitrogen and oxygen atoms in total. The molecule has 6 aromatic carbocycles. The molecule has 0 aliphatic heterocycles. The summed E-state index contributed by atoms with van der Waals surface area (Å²) in [6, 6.07) is 39.2. The monoisotopic (exact) mass is 563 g/mol. The van der Waals surface area contributed by atoms with E-state index in [-0.39, 0.29) is 0 Å². The number of hydrogen-bond acceptors (Lipinski definition) is 5. The van der Waals surface area contributed by atoms with Crippen molar-refractivity contribution in [1.29, 1.82) is 0 Å².